The zero-order valence-corrected chi connectivity index (χ0v) is 14.2. The molecular formula is C18H24N4O2. The summed E-state index contributed by atoms with van der Waals surface area (Å²) in [6, 6.07) is 9.93. The number of piperidine rings is 1. The molecule has 128 valence electrons. The summed E-state index contributed by atoms with van der Waals surface area (Å²) in [5, 5.41) is 11.2. The van der Waals surface area contributed by atoms with E-state index in [0.29, 0.717) is 31.4 Å². The first-order valence-corrected chi connectivity index (χ1v) is 8.53. The van der Waals surface area contributed by atoms with Gasteiger partial charge in [-0.1, -0.05) is 44.2 Å². The number of aromatic nitrogens is 2. The van der Waals surface area contributed by atoms with Gasteiger partial charge in [0.25, 0.3) is 0 Å². The fraction of sp³-hybridized carbons (Fsp3) is 0.500. The Morgan fingerprint density at radius 3 is 2.58 bits per heavy atom. The van der Waals surface area contributed by atoms with E-state index in [0.717, 1.165) is 18.4 Å². The van der Waals surface area contributed by atoms with Crippen LogP contribution in [0.25, 0.3) is 0 Å². The molecule has 3 rings (SSSR count). The van der Waals surface area contributed by atoms with Crippen LogP contribution in [0.4, 0.5) is 4.79 Å². The summed E-state index contributed by atoms with van der Waals surface area (Å²) in [7, 11) is 0. The number of urea groups is 1. The highest BCUT2D eigenvalue weighted by atomic mass is 16.4. The first-order chi connectivity index (χ1) is 11.6. The quantitative estimate of drug-likeness (QED) is 0.935. The molecule has 0 atom stereocenters. The maximum absolute atomic E-state index is 12.3. The smallest absolute Gasteiger partial charge is 0.317 e. The standard InChI is InChI=1S/C18H24N4O2/c1-13(2)16-20-21-17(24-16)15-8-10-22(11-9-15)18(23)19-12-14-6-4-3-5-7-14/h3-7,13,15H,8-12H2,1-2H3,(H,19,23). The van der Waals surface area contributed by atoms with Gasteiger partial charge in [-0.2, -0.15) is 0 Å². The molecule has 1 N–H and O–H groups in total. The van der Waals surface area contributed by atoms with Crippen LogP contribution in [-0.4, -0.2) is 34.2 Å². The van der Waals surface area contributed by atoms with Crippen molar-refractivity contribution >= 4 is 6.03 Å². The minimum absolute atomic E-state index is 0.00861. The van der Waals surface area contributed by atoms with Crippen LogP contribution in [0.1, 0.15) is 55.9 Å². The molecule has 0 unspecified atom stereocenters. The summed E-state index contributed by atoms with van der Waals surface area (Å²) in [4.78, 5) is 14.1. The molecule has 0 aliphatic carbocycles. The van der Waals surface area contributed by atoms with E-state index >= 15 is 0 Å². The lowest BCUT2D eigenvalue weighted by atomic mass is 9.97. The highest BCUT2D eigenvalue weighted by molar-refractivity contribution is 5.74. The monoisotopic (exact) mass is 328 g/mol. The van der Waals surface area contributed by atoms with Crippen LogP contribution in [0, 0.1) is 0 Å². The predicted molar refractivity (Wildman–Crippen MR) is 90.6 cm³/mol. The van der Waals surface area contributed by atoms with Crippen LogP contribution in [0.3, 0.4) is 0 Å². The molecule has 0 saturated carbocycles. The van der Waals surface area contributed by atoms with Gasteiger partial charge in [0.15, 0.2) is 0 Å². The minimum atomic E-state index is -0.00861. The van der Waals surface area contributed by atoms with Crippen molar-refractivity contribution in [1.82, 2.24) is 20.4 Å². The fourth-order valence-corrected chi connectivity index (χ4v) is 2.86. The number of carbonyl (C=O) groups is 1. The Bertz CT molecular complexity index is 661. The Morgan fingerprint density at radius 1 is 1.25 bits per heavy atom. The van der Waals surface area contributed by atoms with E-state index in [9.17, 15) is 4.79 Å². The second-order valence-electron chi connectivity index (χ2n) is 6.54. The van der Waals surface area contributed by atoms with Crippen molar-refractivity contribution in [2.24, 2.45) is 0 Å². The average Bonchev–Trinajstić information content (AvgIpc) is 3.11. The van der Waals surface area contributed by atoms with E-state index in [-0.39, 0.29) is 17.9 Å². The summed E-state index contributed by atoms with van der Waals surface area (Å²) in [6.07, 6.45) is 1.72. The summed E-state index contributed by atoms with van der Waals surface area (Å²) in [5.74, 6) is 1.90. The van der Waals surface area contributed by atoms with Crippen molar-refractivity contribution in [1.29, 1.82) is 0 Å². The lowest BCUT2D eigenvalue weighted by Gasteiger charge is -2.30. The number of hydrogen-bond donors (Lipinski definition) is 1. The van der Waals surface area contributed by atoms with Gasteiger partial charge in [-0.25, -0.2) is 4.79 Å². The Balaban J connectivity index is 1.48. The van der Waals surface area contributed by atoms with Crippen LogP contribution in [-0.2, 0) is 6.54 Å². The number of amides is 2. The molecule has 24 heavy (non-hydrogen) atoms. The molecule has 0 bridgehead atoms. The number of benzene rings is 1. The molecule has 1 aliphatic rings. The van der Waals surface area contributed by atoms with E-state index in [1.54, 1.807) is 0 Å². The van der Waals surface area contributed by atoms with Crippen LogP contribution >= 0.6 is 0 Å². The third-order valence-corrected chi connectivity index (χ3v) is 4.37. The number of nitrogens with one attached hydrogen (secondary N) is 1. The topological polar surface area (TPSA) is 71.3 Å². The largest absolute Gasteiger partial charge is 0.425 e. The van der Waals surface area contributed by atoms with Gasteiger partial charge in [0.05, 0.1) is 0 Å². The van der Waals surface area contributed by atoms with Crippen LogP contribution in [0.2, 0.25) is 0 Å². The lowest BCUT2D eigenvalue weighted by Crippen LogP contribution is -2.43. The SMILES string of the molecule is CC(C)c1nnc(C2CCN(C(=O)NCc3ccccc3)CC2)o1. The Kier molecular flexibility index (Phi) is 5.13. The summed E-state index contributed by atoms with van der Waals surface area (Å²) in [6.45, 7) is 6.06. The van der Waals surface area contributed by atoms with Gasteiger partial charge in [0.1, 0.15) is 0 Å². The molecule has 2 heterocycles. The van der Waals surface area contributed by atoms with Crippen molar-refractivity contribution < 1.29 is 9.21 Å². The zero-order valence-electron chi connectivity index (χ0n) is 14.2. The normalized spacial score (nSPS) is 15.7. The van der Waals surface area contributed by atoms with Crippen LogP contribution < -0.4 is 5.32 Å². The summed E-state index contributed by atoms with van der Waals surface area (Å²) >= 11 is 0. The number of likely N-dealkylation sites (tertiary alicyclic amines) is 1. The van der Waals surface area contributed by atoms with E-state index in [1.807, 2.05) is 49.1 Å². The third-order valence-electron chi connectivity index (χ3n) is 4.37. The Labute approximate surface area is 142 Å². The molecule has 6 nitrogen and oxygen atoms in total. The number of carbonyl (C=O) groups excluding carboxylic acids is 1. The Hall–Kier alpha value is -2.37. The van der Waals surface area contributed by atoms with E-state index in [4.69, 9.17) is 4.42 Å². The Morgan fingerprint density at radius 2 is 1.96 bits per heavy atom. The number of hydrogen-bond acceptors (Lipinski definition) is 4. The molecule has 1 saturated heterocycles. The second kappa shape index (κ2) is 7.47. The molecule has 2 aromatic rings. The van der Waals surface area contributed by atoms with Gasteiger partial charge < -0.3 is 14.6 Å². The number of rotatable bonds is 4. The molecule has 0 radical (unpaired) electrons. The van der Waals surface area contributed by atoms with Crippen molar-refractivity contribution in [2.75, 3.05) is 13.1 Å². The van der Waals surface area contributed by atoms with Crippen molar-refractivity contribution in [2.45, 2.75) is 45.1 Å². The van der Waals surface area contributed by atoms with Crippen LogP contribution in [0.5, 0.6) is 0 Å². The highest BCUT2D eigenvalue weighted by Crippen LogP contribution is 2.28. The zero-order chi connectivity index (χ0) is 16.9. The van der Waals surface area contributed by atoms with E-state index in [1.165, 1.54) is 0 Å². The first-order valence-electron chi connectivity index (χ1n) is 8.53. The second-order valence-corrected chi connectivity index (χ2v) is 6.54. The lowest BCUT2D eigenvalue weighted by molar-refractivity contribution is 0.176. The van der Waals surface area contributed by atoms with Crippen molar-refractivity contribution in [3.63, 3.8) is 0 Å². The maximum atomic E-state index is 12.3. The van der Waals surface area contributed by atoms with Gasteiger partial charge in [-0.15, -0.1) is 10.2 Å². The van der Waals surface area contributed by atoms with Crippen molar-refractivity contribution in [3.8, 4) is 0 Å². The highest BCUT2D eigenvalue weighted by Gasteiger charge is 2.27. The fourth-order valence-electron chi connectivity index (χ4n) is 2.86. The average molecular weight is 328 g/mol. The molecule has 2 amide bonds. The van der Waals surface area contributed by atoms with Gasteiger partial charge in [0, 0.05) is 31.5 Å². The summed E-state index contributed by atoms with van der Waals surface area (Å²) < 4.78 is 5.74. The van der Waals surface area contributed by atoms with Gasteiger partial charge in [-0.3, -0.25) is 0 Å². The van der Waals surface area contributed by atoms with Gasteiger partial charge in [-0.05, 0) is 18.4 Å². The van der Waals surface area contributed by atoms with E-state index < -0.39 is 0 Å². The molecule has 1 fully saturated rings. The molecule has 1 aromatic heterocycles. The maximum Gasteiger partial charge on any atom is 0.317 e. The van der Waals surface area contributed by atoms with Gasteiger partial charge in [0.2, 0.25) is 11.8 Å². The third kappa shape index (κ3) is 3.93. The molecule has 6 heteroatoms. The first kappa shape index (κ1) is 16.5. The van der Waals surface area contributed by atoms with Crippen molar-refractivity contribution in [3.05, 3.63) is 47.7 Å². The number of nitrogens with zero attached hydrogens (tertiary/aromatic N) is 3. The molecule has 0 spiro atoms. The molecule has 1 aliphatic heterocycles. The molecule has 1 aromatic carbocycles. The van der Waals surface area contributed by atoms with Gasteiger partial charge >= 0.3 is 6.03 Å². The predicted octanol–water partition coefficient (Wildman–Crippen LogP) is 3.28. The summed E-state index contributed by atoms with van der Waals surface area (Å²) in [5.41, 5.74) is 1.10. The minimum Gasteiger partial charge on any atom is -0.425 e. The van der Waals surface area contributed by atoms with E-state index in [2.05, 4.69) is 15.5 Å². The van der Waals surface area contributed by atoms with Crippen LogP contribution in [0.15, 0.2) is 34.7 Å². The molecular weight excluding hydrogens is 304 g/mol.